The molecule has 2 aromatic carbocycles. The van der Waals surface area contributed by atoms with Gasteiger partial charge in [0.15, 0.2) is 5.78 Å². The Bertz CT molecular complexity index is 1190. The Morgan fingerprint density at radius 2 is 1.68 bits per heavy atom. The zero-order chi connectivity index (χ0) is 20.4. The van der Waals surface area contributed by atoms with Gasteiger partial charge in [-0.25, -0.2) is 9.64 Å². The number of nitrogens with zero attached hydrogens (tertiary/aromatic N) is 3. The molecule has 28 heavy (non-hydrogen) atoms. The Hall–Kier alpha value is -4.16. The molecular weight excluding hydrogens is 354 g/mol. The highest BCUT2D eigenvalue weighted by atomic mass is 16.4. The molecule has 0 amide bonds. The van der Waals surface area contributed by atoms with Crippen LogP contribution in [0, 0.1) is 17.9 Å². The van der Waals surface area contributed by atoms with Crippen LogP contribution in [0.2, 0.25) is 0 Å². The number of carboxylic acids is 1. The van der Waals surface area contributed by atoms with E-state index < -0.39 is 5.97 Å². The molecule has 6 nitrogen and oxygen atoms in total. The number of hydrogen-bond donors (Lipinski definition) is 1. The van der Waals surface area contributed by atoms with Crippen LogP contribution >= 0.6 is 0 Å². The number of carbonyl (C=O) groups is 2. The largest absolute Gasteiger partial charge is 0.477 e. The van der Waals surface area contributed by atoms with Crippen molar-refractivity contribution < 1.29 is 14.7 Å². The minimum Gasteiger partial charge on any atom is -0.477 e. The Balaban J connectivity index is 2.22. The Morgan fingerprint density at radius 1 is 1.07 bits per heavy atom. The second kappa shape index (κ2) is 7.22. The molecule has 0 fully saturated rings. The van der Waals surface area contributed by atoms with Crippen molar-refractivity contribution in [3.8, 4) is 28.3 Å². The minimum absolute atomic E-state index is 0.0255. The number of carboxylic acid groups (broad SMARTS) is 1. The zero-order valence-electron chi connectivity index (χ0n) is 15.2. The molecule has 0 aliphatic heterocycles. The van der Waals surface area contributed by atoms with E-state index in [0.29, 0.717) is 11.1 Å². The Morgan fingerprint density at radius 3 is 2.21 bits per heavy atom. The quantitative estimate of drug-likeness (QED) is 0.534. The first-order valence-electron chi connectivity index (χ1n) is 8.35. The highest BCUT2D eigenvalue weighted by molar-refractivity contribution is 6.09. The second-order valence-electron chi connectivity index (χ2n) is 6.19. The molecule has 0 aliphatic rings. The van der Waals surface area contributed by atoms with E-state index in [2.05, 4.69) is 10.9 Å². The smallest absolute Gasteiger partial charge is 0.351 e. The molecule has 0 bridgehead atoms. The lowest BCUT2D eigenvalue weighted by atomic mass is 9.96. The lowest BCUT2D eigenvalue weighted by Crippen LogP contribution is -2.09. The predicted octanol–water partition coefficient (Wildman–Crippen LogP) is 4.68. The van der Waals surface area contributed by atoms with Gasteiger partial charge in [-0.05, 0) is 29.7 Å². The van der Waals surface area contributed by atoms with Crippen LogP contribution < -0.4 is 0 Å². The number of aromatic carboxylic acids is 1. The van der Waals surface area contributed by atoms with E-state index in [1.807, 2.05) is 12.1 Å². The van der Waals surface area contributed by atoms with Crippen LogP contribution in [0.4, 0.5) is 5.69 Å². The fraction of sp³-hybridized carbons (Fsp3) is 0.0909. The first-order valence-corrected chi connectivity index (χ1v) is 8.35. The molecule has 1 aromatic heterocycles. The number of hydrogen-bond acceptors (Lipinski definition) is 3. The number of nitriles is 1. The Kier molecular flexibility index (Phi) is 4.80. The average molecular weight is 369 g/mol. The molecular formula is C22H15N3O3. The summed E-state index contributed by atoms with van der Waals surface area (Å²) in [6.45, 7) is 8.79. The molecule has 136 valence electrons. The number of benzene rings is 2. The van der Waals surface area contributed by atoms with Crippen LogP contribution in [-0.4, -0.2) is 21.4 Å². The lowest BCUT2D eigenvalue weighted by molar-refractivity contribution is 0.0687. The lowest BCUT2D eigenvalue weighted by Gasteiger charge is -2.08. The van der Waals surface area contributed by atoms with Crippen molar-refractivity contribution in [3.05, 3.63) is 76.9 Å². The van der Waals surface area contributed by atoms with Gasteiger partial charge in [0.25, 0.3) is 0 Å². The van der Waals surface area contributed by atoms with Gasteiger partial charge >= 0.3 is 5.97 Å². The standard InChI is InChI=1S/C22H15N3O3/c1-13(26)20-19(24-2)18(21(22(27)28)25(20)3)15-10-8-14(9-11-15)17-7-5-4-6-16(17)12-23/h4-11H,1,3H3,(H,27,28). The molecule has 0 saturated heterocycles. The number of Topliss-reactive ketones (excluding diaryl/α,β-unsaturated/α-hetero) is 1. The third kappa shape index (κ3) is 2.94. The number of aromatic nitrogens is 1. The summed E-state index contributed by atoms with van der Waals surface area (Å²) in [7, 11) is 1.47. The molecule has 0 unspecified atom stereocenters. The summed E-state index contributed by atoms with van der Waals surface area (Å²) >= 11 is 0. The highest BCUT2D eigenvalue weighted by Crippen LogP contribution is 2.40. The number of ketones is 1. The number of rotatable bonds is 4. The molecule has 1 heterocycles. The fourth-order valence-corrected chi connectivity index (χ4v) is 3.35. The van der Waals surface area contributed by atoms with Crippen LogP contribution in [-0.2, 0) is 7.05 Å². The van der Waals surface area contributed by atoms with Crippen molar-refractivity contribution in [2.75, 3.05) is 0 Å². The maximum absolute atomic E-state index is 12.0. The summed E-state index contributed by atoms with van der Waals surface area (Å²) in [5.41, 5.74) is 2.81. The van der Waals surface area contributed by atoms with Crippen molar-refractivity contribution in [2.45, 2.75) is 6.92 Å². The molecule has 0 saturated carbocycles. The fourth-order valence-electron chi connectivity index (χ4n) is 3.35. The maximum atomic E-state index is 12.0. The topological polar surface area (TPSA) is 87.4 Å². The maximum Gasteiger partial charge on any atom is 0.351 e. The molecule has 3 rings (SSSR count). The third-order valence-electron chi connectivity index (χ3n) is 4.55. The summed E-state index contributed by atoms with van der Waals surface area (Å²) in [6.07, 6.45) is 0. The van der Waals surface area contributed by atoms with E-state index in [1.54, 1.807) is 36.4 Å². The molecule has 0 atom stereocenters. The van der Waals surface area contributed by atoms with E-state index in [4.69, 9.17) is 6.57 Å². The molecule has 3 aromatic rings. The van der Waals surface area contributed by atoms with Gasteiger partial charge in [0.2, 0.25) is 5.69 Å². The molecule has 1 N–H and O–H groups in total. The number of carbonyl (C=O) groups excluding carboxylic acids is 1. The highest BCUT2D eigenvalue weighted by Gasteiger charge is 2.28. The van der Waals surface area contributed by atoms with E-state index >= 15 is 0 Å². The van der Waals surface area contributed by atoms with E-state index in [1.165, 1.54) is 18.5 Å². The van der Waals surface area contributed by atoms with Gasteiger partial charge in [-0.15, -0.1) is 0 Å². The second-order valence-corrected chi connectivity index (χ2v) is 6.19. The van der Waals surface area contributed by atoms with Crippen molar-refractivity contribution in [2.24, 2.45) is 7.05 Å². The summed E-state index contributed by atoms with van der Waals surface area (Å²) < 4.78 is 1.26. The van der Waals surface area contributed by atoms with Gasteiger partial charge in [-0.2, -0.15) is 5.26 Å². The average Bonchev–Trinajstić information content (AvgIpc) is 3.00. The first-order chi connectivity index (χ1) is 13.4. The molecule has 0 radical (unpaired) electrons. The molecule has 0 spiro atoms. The van der Waals surface area contributed by atoms with Gasteiger partial charge in [0.05, 0.1) is 23.9 Å². The van der Waals surface area contributed by atoms with Crippen LogP contribution in [0.5, 0.6) is 0 Å². The van der Waals surface area contributed by atoms with Crippen LogP contribution in [0.25, 0.3) is 27.1 Å². The summed E-state index contributed by atoms with van der Waals surface area (Å²) in [4.78, 5) is 27.3. The van der Waals surface area contributed by atoms with Crippen molar-refractivity contribution >= 4 is 17.4 Å². The van der Waals surface area contributed by atoms with Crippen molar-refractivity contribution in [3.63, 3.8) is 0 Å². The van der Waals surface area contributed by atoms with Crippen molar-refractivity contribution in [1.29, 1.82) is 5.26 Å². The van der Waals surface area contributed by atoms with Crippen molar-refractivity contribution in [1.82, 2.24) is 4.57 Å². The summed E-state index contributed by atoms with van der Waals surface area (Å²) in [5.74, 6) is -1.59. The van der Waals surface area contributed by atoms with Gasteiger partial charge < -0.3 is 9.67 Å². The minimum atomic E-state index is -1.21. The first kappa shape index (κ1) is 18.6. The van der Waals surface area contributed by atoms with Gasteiger partial charge in [0, 0.05) is 12.6 Å². The summed E-state index contributed by atoms with van der Waals surface area (Å²) in [6, 6.07) is 16.3. The predicted molar refractivity (Wildman–Crippen MR) is 104 cm³/mol. The molecule has 0 aliphatic carbocycles. The molecule has 6 heteroatoms. The van der Waals surface area contributed by atoms with Crippen LogP contribution in [0.15, 0.2) is 48.5 Å². The van der Waals surface area contributed by atoms with E-state index in [0.717, 1.165) is 11.1 Å². The van der Waals surface area contributed by atoms with E-state index in [-0.39, 0.29) is 28.4 Å². The van der Waals surface area contributed by atoms with Gasteiger partial charge in [-0.3, -0.25) is 4.79 Å². The SMILES string of the molecule is [C-]#[N+]c1c(-c2ccc(-c3ccccc3C#N)cc2)c(C(=O)O)n(C)c1C(C)=O. The normalized spacial score (nSPS) is 10.1. The Labute approximate surface area is 161 Å². The van der Waals surface area contributed by atoms with Gasteiger partial charge in [-0.1, -0.05) is 42.5 Å². The zero-order valence-corrected chi connectivity index (χ0v) is 15.2. The monoisotopic (exact) mass is 369 g/mol. The van der Waals surface area contributed by atoms with Crippen LogP contribution in [0.3, 0.4) is 0 Å². The summed E-state index contributed by atoms with van der Waals surface area (Å²) in [5, 5.41) is 18.9. The van der Waals surface area contributed by atoms with Crippen LogP contribution in [0.1, 0.15) is 33.5 Å². The third-order valence-corrected chi connectivity index (χ3v) is 4.55. The van der Waals surface area contributed by atoms with E-state index in [9.17, 15) is 20.0 Å². The van der Waals surface area contributed by atoms with Gasteiger partial charge in [0.1, 0.15) is 5.69 Å².